The summed E-state index contributed by atoms with van der Waals surface area (Å²) in [5.41, 5.74) is 3.31. The van der Waals surface area contributed by atoms with Gasteiger partial charge < -0.3 is 24.4 Å². The largest absolute Gasteiger partial charge is 0.486 e. The van der Waals surface area contributed by atoms with Crippen molar-refractivity contribution >= 4 is 57.9 Å². The fourth-order valence-corrected chi connectivity index (χ4v) is 4.06. The molecule has 172 valence electrons. The number of hydrogen-bond donors (Lipinski definition) is 2. The Morgan fingerprint density at radius 3 is 2.76 bits per heavy atom. The minimum atomic E-state index is -1.03. The van der Waals surface area contributed by atoms with Crippen molar-refractivity contribution in [3.8, 4) is 22.6 Å². The summed E-state index contributed by atoms with van der Waals surface area (Å²) in [6.45, 7) is 0.667. The first-order valence-corrected chi connectivity index (χ1v) is 11.0. The van der Waals surface area contributed by atoms with Gasteiger partial charge in [-0.05, 0) is 29.8 Å². The summed E-state index contributed by atoms with van der Waals surface area (Å²) in [5, 5.41) is 17.6. The second-order valence-electron chi connectivity index (χ2n) is 7.42. The summed E-state index contributed by atoms with van der Waals surface area (Å²) in [4.78, 5) is 14.6. The Kier molecular flexibility index (Phi) is 6.00. The number of nitrogens with one attached hydrogen (secondary N) is 1. The van der Waals surface area contributed by atoms with Crippen molar-refractivity contribution in [2.45, 2.75) is 0 Å². The minimum Gasteiger partial charge on any atom is -0.486 e. The second kappa shape index (κ2) is 9.24. The molecule has 1 aliphatic rings. The van der Waals surface area contributed by atoms with E-state index in [1.807, 2.05) is 36.4 Å². The van der Waals surface area contributed by atoms with Crippen LogP contribution in [-0.2, 0) is 4.79 Å². The fraction of sp³-hybridized carbons (Fsp3) is 0.125. The summed E-state index contributed by atoms with van der Waals surface area (Å²) in [7, 11) is 0. The van der Waals surface area contributed by atoms with Gasteiger partial charge in [0.2, 0.25) is 0 Å². The number of aliphatic carboxylic acids is 1. The lowest BCUT2D eigenvalue weighted by Crippen LogP contribution is -2.15. The van der Waals surface area contributed by atoms with Gasteiger partial charge in [0.05, 0.1) is 21.1 Å². The Morgan fingerprint density at radius 1 is 1.12 bits per heavy atom. The number of benzene rings is 3. The minimum absolute atomic E-state index is 0.356. The van der Waals surface area contributed by atoms with Crippen molar-refractivity contribution in [1.82, 2.24) is 5.16 Å². The van der Waals surface area contributed by atoms with Crippen LogP contribution in [0.3, 0.4) is 0 Å². The van der Waals surface area contributed by atoms with E-state index in [-0.39, 0.29) is 6.54 Å². The van der Waals surface area contributed by atoms with Gasteiger partial charge in [-0.2, -0.15) is 0 Å². The van der Waals surface area contributed by atoms with Crippen molar-refractivity contribution in [3.05, 3.63) is 64.1 Å². The van der Waals surface area contributed by atoms with Gasteiger partial charge in [0.1, 0.15) is 19.8 Å². The van der Waals surface area contributed by atoms with E-state index >= 15 is 0 Å². The van der Waals surface area contributed by atoms with Crippen molar-refractivity contribution in [3.63, 3.8) is 0 Å². The van der Waals surface area contributed by atoms with E-state index < -0.39 is 5.97 Å². The van der Waals surface area contributed by atoms with E-state index in [9.17, 15) is 4.79 Å². The van der Waals surface area contributed by atoms with Gasteiger partial charge in [-0.1, -0.05) is 46.6 Å². The molecule has 10 heteroatoms. The summed E-state index contributed by atoms with van der Waals surface area (Å²) in [6, 6.07) is 14.6. The van der Waals surface area contributed by atoms with Crippen LogP contribution in [-0.4, -0.2) is 42.2 Å². The van der Waals surface area contributed by atoms with Crippen LogP contribution in [0.1, 0.15) is 5.56 Å². The molecule has 2 heterocycles. The summed E-state index contributed by atoms with van der Waals surface area (Å²) in [5.74, 6) is 0.777. The molecule has 0 atom stereocenters. The average Bonchev–Trinajstić information content (AvgIpc) is 3.21. The van der Waals surface area contributed by atoms with E-state index in [0.29, 0.717) is 62.8 Å². The first-order chi connectivity index (χ1) is 16.5. The highest BCUT2D eigenvalue weighted by atomic mass is 35.5. The molecule has 0 spiro atoms. The zero-order valence-corrected chi connectivity index (χ0v) is 19.1. The molecule has 0 amide bonds. The zero-order chi connectivity index (χ0) is 23.7. The maximum atomic E-state index is 10.7. The highest BCUT2D eigenvalue weighted by Crippen LogP contribution is 2.40. The van der Waals surface area contributed by atoms with Gasteiger partial charge >= 0.3 is 5.97 Å². The third-order valence-corrected chi connectivity index (χ3v) is 5.89. The van der Waals surface area contributed by atoms with Gasteiger partial charge in [0, 0.05) is 23.4 Å². The lowest BCUT2D eigenvalue weighted by atomic mass is 10.0. The Bertz CT molecular complexity index is 1430. The number of rotatable bonds is 6. The maximum absolute atomic E-state index is 10.7. The van der Waals surface area contributed by atoms with Crippen LogP contribution < -0.4 is 14.8 Å². The summed E-state index contributed by atoms with van der Waals surface area (Å²) in [6.07, 6.45) is 1.40. The molecule has 2 N–H and O–H groups in total. The van der Waals surface area contributed by atoms with Gasteiger partial charge in [0.25, 0.3) is 0 Å². The van der Waals surface area contributed by atoms with Crippen LogP contribution in [0.5, 0.6) is 11.5 Å². The van der Waals surface area contributed by atoms with E-state index in [0.717, 1.165) is 11.1 Å². The normalized spacial score (nSPS) is 12.9. The number of hydrogen-bond acceptors (Lipinski definition) is 7. The number of carboxylic acids is 1. The molecule has 0 fully saturated rings. The van der Waals surface area contributed by atoms with Crippen LogP contribution in [0.15, 0.2) is 58.0 Å². The number of anilines is 2. The third kappa shape index (κ3) is 4.37. The number of aliphatic imine (C=N–C) groups is 1. The maximum Gasteiger partial charge on any atom is 0.325 e. The van der Waals surface area contributed by atoms with Crippen molar-refractivity contribution in [2.75, 3.05) is 25.1 Å². The van der Waals surface area contributed by atoms with Crippen molar-refractivity contribution in [2.24, 2.45) is 4.99 Å². The molecule has 1 aromatic heterocycles. The molecule has 0 saturated heterocycles. The van der Waals surface area contributed by atoms with E-state index in [4.69, 9.17) is 42.3 Å². The third-order valence-electron chi connectivity index (χ3n) is 5.15. The monoisotopic (exact) mass is 497 g/mol. The topological polar surface area (TPSA) is 106 Å². The molecule has 4 aromatic rings. The molecule has 1 aliphatic heterocycles. The molecule has 0 bridgehead atoms. The van der Waals surface area contributed by atoms with Gasteiger partial charge in [-0.25, -0.2) is 0 Å². The molecule has 3 aromatic carbocycles. The SMILES string of the molecule is O=C(O)CN=Cc1cc2c(Nc3cccc(-c4ccc5c(c4)OCCO5)c3Cl)noc2cc1Cl. The van der Waals surface area contributed by atoms with Crippen LogP contribution >= 0.6 is 23.2 Å². The Morgan fingerprint density at radius 2 is 1.94 bits per heavy atom. The molecule has 0 saturated carbocycles. The lowest BCUT2D eigenvalue weighted by Gasteiger charge is -2.19. The van der Waals surface area contributed by atoms with Crippen molar-refractivity contribution in [1.29, 1.82) is 0 Å². The number of carbonyl (C=O) groups is 1. The van der Waals surface area contributed by atoms with Crippen LogP contribution in [0.25, 0.3) is 22.1 Å². The molecular formula is C24H17Cl2N3O5. The second-order valence-corrected chi connectivity index (χ2v) is 8.20. The number of carboxylic acid groups (broad SMARTS) is 1. The molecule has 0 radical (unpaired) electrons. The predicted molar refractivity (Wildman–Crippen MR) is 130 cm³/mol. The molecule has 8 nitrogen and oxygen atoms in total. The quantitative estimate of drug-likeness (QED) is 0.323. The number of ether oxygens (including phenoxy) is 2. The standard InChI is InChI=1S/C24H17Cl2N3O5/c25-17-10-20-16(8-14(17)11-27-12-22(30)31)24(29-34-20)28-18-3-1-2-15(23(18)26)13-4-5-19-21(9-13)33-7-6-32-19/h1-5,8-11H,6-7,12H2,(H,28,29)(H,30,31). The molecule has 34 heavy (non-hydrogen) atoms. The number of nitrogens with zero attached hydrogens (tertiary/aromatic N) is 2. The molecule has 0 unspecified atom stereocenters. The van der Waals surface area contributed by atoms with E-state index in [1.54, 1.807) is 12.1 Å². The van der Waals surface area contributed by atoms with Crippen LogP contribution in [0.2, 0.25) is 10.0 Å². The van der Waals surface area contributed by atoms with Crippen molar-refractivity contribution < 1.29 is 23.9 Å². The van der Waals surface area contributed by atoms with Gasteiger partial charge in [0.15, 0.2) is 22.9 Å². The first kappa shape index (κ1) is 22.1. The average molecular weight is 498 g/mol. The van der Waals surface area contributed by atoms with E-state index in [2.05, 4.69) is 15.5 Å². The highest BCUT2D eigenvalue weighted by molar-refractivity contribution is 6.36. The summed E-state index contributed by atoms with van der Waals surface area (Å²) >= 11 is 13.0. The molecule has 0 aliphatic carbocycles. The lowest BCUT2D eigenvalue weighted by molar-refractivity contribution is -0.135. The Labute approximate surface area is 203 Å². The Hall–Kier alpha value is -3.75. The predicted octanol–water partition coefficient (Wildman–Crippen LogP) is 5.82. The molecular weight excluding hydrogens is 481 g/mol. The summed E-state index contributed by atoms with van der Waals surface area (Å²) < 4.78 is 16.7. The number of halogens is 2. The highest BCUT2D eigenvalue weighted by Gasteiger charge is 2.17. The first-order valence-electron chi connectivity index (χ1n) is 10.3. The Balaban J connectivity index is 1.47. The zero-order valence-electron chi connectivity index (χ0n) is 17.5. The number of aromatic nitrogens is 1. The molecule has 5 rings (SSSR count). The van der Waals surface area contributed by atoms with Gasteiger partial charge in [-0.3, -0.25) is 9.79 Å². The van der Waals surface area contributed by atoms with Gasteiger partial charge in [-0.15, -0.1) is 0 Å². The smallest absolute Gasteiger partial charge is 0.325 e. The van der Waals surface area contributed by atoms with Crippen LogP contribution in [0, 0.1) is 0 Å². The van der Waals surface area contributed by atoms with E-state index in [1.165, 1.54) is 6.21 Å². The van der Waals surface area contributed by atoms with Crippen LogP contribution in [0.4, 0.5) is 11.5 Å². The fourth-order valence-electron chi connectivity index (χ4n) is 3.58. The number of fused-ring (bicyclic) bond motifs is 2.